The van der Waals surface area contributed by atoms with E-state index in [0.717, 1.165) is 18.7 Å². The molecule has 0 saturated heterocycles. The maximum atomic E-state index is 5.05. The van der Waals surface area contributed by atoms with Crippen molar-refractivity contribution in [3.8, 4) is 0 Å². The molecule has 0 fully saturated rings. The van der Waals surface area contributed by atoms with Crippen LogP contribution < -0.4 is 10.6 Å². The molecule has 2 N–H and O–H groups in total. The van der Waals surface area contributed by atoms with E-state index >= 15 is 0 Å². The molecule has 0 unspecified atom stereocenters. The Morgan fingerprint density at radius 3 is 3.08 bits per heavy atom. The van der Waals surface area contributed by atoms with Gasteiger partial charge in [0.2, 0.25) is 0 Å². The first-order valence-corrected chi connectivity index (χ1v) is 5.25. The van der Waals surface area contributed by atoms with E-state index in [1.54, 1.807) is 11.3 Å². The Kier molecular flexibility index (Phi) is 4.04. The van der Waals surface area contributed by atoms with Gasteiger partial charge < -0.3 is 10.6 Å². The lowest BCUT2D eigenvalue weighted by atomic mass is 10.5. The van der Waals surface area contributed by atoms with Crippen molar-refractivity contribution in [1.82, 2.24) is 5.32 Å². The van der Waals surface area contributed by atoms with Gasteiger partial charge in [-0.25, -0.2) is 0 Å². The number of thiophene rings is 1. The smallest absolute Gasteiger partial charge is 0.170 e. The second-order valence-electron chi connectivity index (χ2n) is 2.39. The zero-order chi connectivity index (χ0) is 8.81. The predicted octanol–water partition coefficient (Wildman–Crippen LogP) is 2.44. The van der Waals surface area contributed by atoms with E-state index < -0.39 is 0 Å². The van der Waals surface area contributed by atoms with E-state index in [9.17, 15) is 0 Å². The highest BCUT2D eigenvalue weighted by atomic mass is 32.1. The second kappa shape index (κ2) is 5.11. The number of rotatable bonds is 3. The molecule has 0 aliphatic heterocycles. The number of hydrogen-bond acceptors (Lipinski definition) is 2. The van der Waals surface area contributed by atoms with Gasteiger partial charge in [0.1, 0.15) is 0 Å². The number of hydrogen-bond donors (Lipinski definition) is 2. The fourth-order valence-electron chi connectivity index (χ4n) is 0.749. The first-order chi connectivity index (χ1) is 5.83. The standard InChI is InChI=1S/C8H12N2S2/c1-2-4-9-8(11)10-7-3-5-12-6-7/h3,5-6H,2,4H2,1H3,(H2,9,10,11). The third-order valence-electron chi connectivity index (χ3n) is 1.31. The van der Waals surface area contributed by atoms with Crippen LogP contribution >= 0.6 is 23.6 Å². The summed E-state index contributed by atoms with van der Waals surface area (Å²) in [5, 5.41) is 10.9. The largest absolute Gasteiger partial charge is 0.362 e. The van der Waals surface area contributed by atoms with Crippen LogP contribution in [0.4, 0.5) is 5.69 Å². The molecule has 0 amide bonds. The molecule has 1 aromatic heterocycles. The summed E-state index contributed by atoms with van der Waals surface area (Å²) in [6, 6.07) is 2.00. The zero-order valence-electron chi connectivity index (χ0n) is 6.96. The summed E-state index contributed by atoms with van der Waals surface area (Å²) in [6.45, 7) is 3.04. The minimum Gasteiger partial charge on any atom is -0.362 e. The van der Waals surface area contributed by atoms with Crippen LogP contribution in [0.5, 0.6) is 0 Å². The van der Waals surface area contributed by atoms with Crippen LogP contribution in [0.1, 0.15) is 13.3 Å². The summed E-state index contributed by atoms with van der Waals surface area (Å²) in [5.41, 5.74) is 1.06. The van der Waals surface area contributed by atoms with Gasteiger partial charge in [0.05, 0.1) is 5.69 Å². The normalized spacial score (nSPS) is 9.42. The summed E-state index contributed by atoms with van der Waals surface area (Å²) in [6.07, 6.45) is 1.09. The van der Waals surface area contributed by atoms with Crippen molar-refractivity contribution in [1.29, 1.82) is 0 Å². The fourth-order valence-corrected chi connectivity index (χ4v) is 1.56. The van der Waals surface area contributed by atoms with Crippen LogP contribution in [0.2, 0.25) is 0 Å². The molecule has 2 nitrogen and oxygen atoms in total. The van der Waals surface area contributed by atoms with E-state index in [0.29, 0.717) is 5.11 Å². The third kappa shape index (κ3) is 3.19. The highest BCUT2D eigenvalue weighted by molar-refractivity contribution is 7.80. The van der Waals surface area contributed by atoms with Crippen LogP contribution in [-0.4, -0.2) is 11.7 Å². The number of anilines is 1. The molecule has 12 heavy (non-hydrogen) atoms. The third-order valence-corrected chi connectivity index (χ3v) is 2.24. The quantitative estimate of drug-likeness (QED) is 0.733. The molecule has 0 saturated carbocycles. The van der Waals surface area contributed by atoms with E-state index in [4.69, 9.17) is 12.2 Å². The van der Waals surface area contributed by atoms with Gasteiger partial charge in [0, 0.05) is 11.9 Å². The van der Waals surface area contributed by atoms with Gasteiger partial charge in [-0.1, -0.05) is 6.92 Å². The Bertz CT molecular complexity index is 231. The second-order valence-corrected chi connectivity index (χ2v) is 3.58. The Morgan fingerprint density at radius 2 is 2.50 bits per heavy atom. The van der Waals surface area contributed by atoms with Crippen LogP contribution in [-0.2, 0) is 0 Å². The topological polar surface area (TPSA) is 24.1 Å². The zero-order valence-corrected chi connectivity index (χ0v) is 8.60. The van der Waals surface area contributed by atoms with E-state index in [1.165, 1.54) is 0 Å². The lowest BCUT2D eigenvalue weighted by Gasteiger charge is -2.06. The van der Waals surface area contributed by atoms with Crippen molar-refractivity contribution in [3.63, 3.8) is 0 Å². The maximum Gasteiger partial charge on any atom is 0.170 e. The lowest BCUT2D eigenvalue weighted by molar-refractivity contribution is 0.846. The minimum atomic E-state index is 0.704. The summed E-state index contributed by atoms with van der Waals surface area (Å²) in [7, 11) is 0. The molecule has 1 heterocycles. The molecular formula is C8H12N2S2. The van der Waals surface area contributed by atoms with Crippen LogP contribution in [0.15, 0.2) is 16.8 Å². The Hall–Kier alpha value is -0.610. The summed E-state index contributed by atoms with van der Waals surface area (Å²) >= 11 is 6.71. The lowest BCUT2D eigenvalue weighted by Crippen LogP contribution is -2.28. The summed E-state index contributed by atoms with van der Waals surface area (Å²) in [5.74, 6) is 0. The van der Waals surface area contributed by atoms with Crippen LogP contribution in [0.3, 0.4) is 0 Å². The molecule has 0 radical (unpaired) electrons. The van der Waals surface area contributed by atoms with Crippen molar-refractivity contribution in [2.24, 2.45) is 0 Å². The molecule has 0 aliphatic carbocycles. The van der Waals surface area contributed by atoms with Gasteiger partial charge in [-0.05, 0) is 30.1 Å². The molecule has 0 atom stereocenters. The molecule has 66 valence electrons. The predicted molar refractivity (Wildman–Crippen MR) is 58.8 cm³/mol. The maximum absolute atomic E-state index is 5.05. The SMILES string of the molecule is CCCNC(=S)Nc1ccsc1. The van der Waals surface area contributed by atoms with Gasteiger partial charge in [0.25, 0.3) is 0 Å². The first kappa shape index (κ1) is 9.48. The molecule has 0 bridgehead atoms. The highest BCUT2D eigenvalue weighted by Gasteiger charge is 1.94. The molecule has 1 aromatic rings. The molecule has 1 rings (SSSR count). The van der Waals surface area contributed by atoms with Gasteiger partial charge >= 0.3 is 0 Å². The van der Waals surface area contributed by atoms with Gasteiger partial charge in [-0.2, -0.15) is 11.3 Å². The number of nitrogens with one attached hydrogen (secondary N) is 2. The van der Waals surface area contributed by atoms with E-state index in [2.05, 4.69) is 17.6 Å². The average Bonchev–Trinajstić information content (AvgIpc) is 2.53. The minimum absolute atomic E-state index is 0.704. The Balaban J connectivity index is 2.27. The Labute approximate surface area is 82.0 Å². The molecule has 4 heteroatoms. The van der Waals surface area contributed by atoms with Crippen molar-refractivity contribution >= 4 is 34.4 Å². The van der Waals surface area contributed by atoms with Crippen LogP contribution in [0.25, 0.3) is 0 Å². The summed E-state index contributed by atoms with van der Waals surface area (Å²) in [4.78, 5) is 0. The van der Waals surface area contributed by atoms with Crippen molar-refractivity contribution in [2.45, 2.75) is 13.3 Å². The first-order valence-electron chi connectivity index (χ1n) is 3.90. The Morgan fingerprint density at radius 1 is 1.67 bits per heavy atom. The van der Waals surface area contributed by atoms with Crippen LogP contribution in [0, 0.1) is 0 Å². The van der Waals surface area contributed by atoms with Gasteiger partial charge in [-0.3, -0.25) is 0 Å². The monoisotopic (exact) mass is 200 g/mol. The van der Waals surface area contributed by atoms with Crippen molar-refractivity contribution < 1.29 is 0 Å². The van der Waals surface area contributed by atoms with E-state index in [1.807, 2.05) is 16.8 Å². The van der Waals surface area contributed by atoms with Crippen molar-refractivity contribution in [2.75, 3.05) is 11.9 Å². The van der Waals surface area contributed by atoms with Crippen molar-refractivity contribution in [3.05, 3.63) is 16.8 Å². The fraction of sp³-hybridized carbons (Fsp3) is 0.375. The summed E-state index contributed by atoms with van der Waals surface area (Å²) < 4.78 is 0. The average molecular weight is 200 g/mol. The molecule has 0 aliphatic rings. The highest BCUT2D eigenvalue weighted by Crippen LogP contribution is 2.11. The molecule has 0 aromatic carbocycles. The van der Waals surface area contributed by atoms with E-state index in [-0.39, 0.29) is 0 Å². The van der Waals surface area contributed by atoms with Gasteiger partial charge in [-0.15, -0.1) is 0 Å². The number of thiocarbonyl (C=S) groups is 1. The van der Waals surface area contributed by atoms with Gasteiger partial charge in [0.15, 0.2) is 5.11 Å². The molecular weight excluding hydrogens is 188 g/mol. The molecule has 0 spiro atoms.